The monoisotopic (exact) mass is 247 g/mol. The van der Waals surface area contributed by atoms with E-state index in [-0.39, 0.29) is 0 Å². The Bertz CT molecular complexity index is 185. The third-order valence-corrected chi connectivity index (χ3v) is 2.96. The number of hydrogen-bond acceptors (Lipinski definition) is 5. The summed E-state index contributed by atoms with van der Waals surface area (Å²) in [5.41, 5.74) is 0. The van der Waals surface area contributed by atoms with Gasteiger partial charge in [-0.1, -0.05) is 0 Å². The van der Waals surface area contributed by atoms with Gasteiger partial charge in [0.15, 0.2) is 0 Å². The van der Waals surface area contributed by atoms with Crippen molar-refractivity contribution in [3.63, 3.8) is 0 Å². The summed E-state index contributed by atoms with van der Waals surface area (Å²) in [4.78, 5) is 0. The molecular weight excluding hydrogens is 222 g/mol. The summed E-state index contributed by atoms with van der Waals surface area (Å²) in [5, 5.41) is 12.9. The molecule has 0 aromatic rings. The van der Waals surface area contributed by atoms with E-state index in [0.717, 1.165) is 12.8 Å². The summed E-state index contributed by atoms with van der Waals surface area (Å²) in [6.45, 7) is 4.73. The Hall–Kier alpha value is -0.200. The van der Waals surface area contributed by atoms with Crippen molar-refractivity contribution in [2.24, 2.45) is 0 Å². The highest BCUT2D eigenvalue weighted by atomic mass is 16.5. The second kappa shape index (κ2) is 8.83. The zero-order valence-corrected chi connectivity index (χ0v) is 10.9. The molecule has 2 N–H and O–H groups in total. The number of hydrogen-bond donors (Lipinski definition) is 2. The van der Waals surface area contributed by atoms with E-state index in [4.69, 9.17) is 14.2 Å². The fraction of sp³-hybridized carbons (Fsp3) is 1.00. The number of ether oxygens (including phenoxy) is 3. The number of methoxy groups -OCH3 is 1. The SMILES string of the molecule is CCOCCOCC(O)CNC1CC(OC)C1. The Balaban J connectivity index is 1.86. The average Bonchev–Trinajstić information content (AvgIpc) is 2.27. The highest BCUT2D eigenvalue weighted by Gasteiger charge is 2.28. The Kier molecular flexibility index (Phi) is 7.72. The maximum Gasteiger partial charge on any atom is 0.0897 e. The van der Waals surface area contributed by atoms with E-state index in [0.29, 0.717) is 45.1 Å². The molecule has 1 aliphatic rings. The second-order valence-corrected chi connectivity index (χ2v) is 4.36. The first kappa shape index (κ1) is 14.9. The largest absolute Gasteiger partial charge is 0.389 e. The molecule has 1 unspecified atom stereocenters. The number of aliphatic hydroxyl groups excluding tert-OH is 1. The van der Waals surface area contributed by atoms with Crippen molar-refractivity contribution in [1.29, 1.82) is 0 Å². The average molecular weight is 247 g/mol. The predicted octanol–water partition coefficient (Wildman–Crippen LogP) is 0.167. The van der Waals surface area contributed by atoms with Gasteiger partial charge in [0.1, 0.15) is 0 Å². The van der Waals surface area contributed by atoms with Crippen molar-refractivity contribution in [1.82, 2.24) is 5.32 Å². The summed E-state index contributed by atoms with van der Waals surface area (Å²) in [5.74, 6) is 0. The normalized spacial score (nSPS) is 25.6. The van der Waals surface area contributed by atoms with Gasteiger partial charge in [-0.2, -0.15) is 0 Å². The van der Waals surface area contributed by atoms with E-state index in [9.17, 15) is 5.11 Å². The molecule has 1 aliphatic carbocycles. The van der Waals surface area contributed by atoms with Gasteiger partial charge in [0.2, 0.25) is 0 Å². The Morgan fingerprint density at radius 2 is 2.00 bits per heavy atom. The number of aliphatic hydroxyl groups is 1. The van der Waals surface area contributed by atoms with Crippen LogP contribution in [0.5, 0.6) is 0 Å². The molecule has 0 bridgehead atoms. The molecule has 1 fully saturated rings. The lowest BCUT2D eigenvalue weighted by Crippen LogP contribution is -2.47. The molecule has 0 saturated heterocycles. The second-order valence-electron chi connectivity index (χ2n) is 4.36. The zero-order chi connectivity index (χ0) is 12.5. The van der Waals surface area contributed by atoms with Crippen LogP contribution in [0, 0.1) is 0 Å². The van der Waals surface area contributed by atoms with E-state index in [1.54, 1.807) is 7.11 Å². The van der Waals surface area contributed by atoms with Gasteiger partial charge in [0.25, 0.3) is 0 Å². The van der Waals surface area contributed by atoms with E-state index < -0.39 is 6.10 Å². The molecule has 1 rings (SSSR count). The van der Waals surface area contributed by atoms with Crippen molar-refractivity contribution in [2.45, 2.75) is 38.0 Å². The maximum absolute atomic E-state index is 9.64. The smallest absolute Gasteiger partial charge is 0.0897 e. The van der Waals surface area contributed by atoms with Gasteiger partial charge in [-0.15, -0.1) is 0 Å². The van der Waals surface area contributed by atoms with E-state index in [1.165, 1.54) is 0 Å². The van der Waals surface area contributed by atoms with Gasteiger partial charge in [0.05, 0.1) is 32.0 Å². The fourth-order valence-corrected chi connectivity index (χ4v) is 1.77. The van der Waals surface area contributed by atoms with Crippen LogP contribution in [0.3, 0.4) is 0 Å². The Labute approximate surface area is 103 Å². The number of nitrogens with one attached hydrogen (secondary N) is 1. The minimum Gasteiger partial charge on any atom is -0.389 e. The first-order valence-electron chi connectivity index (χ1n) is 6.36. The van der Waals surface area contributed by atoms with Crippen LogP contribution in [0.15, 0.2) is 0 Å². The van der Waals surface area contributed by atoms with E-state index in [2.05, 4.69) is 5.32 Å². The minimum atomic E-state index is -0.446. The van der Waals surface area contributed by atoms with Crippen LogP contribution < -0.4 is 5.32 Å². The van der Waals surface area contributed by atoms with Crippen LogP contribution in [0.2, 0.25) is 0 Å². The summed E-state index contributed by atoms with van der Waals surface area (Å²) in [7, 11) is 1.74. The summed E-state index contributed by atoms with van der Waals surface area (Å²) in [6.07, 6.45) is 2.02. The molecule has 0 radical (unpaired) electrons. The first-order chi connectivity index (χ1) is 8.26. The Morgan fingerprint density at radius 3 is 2.65 bits per heavy atom. The highest BCUT2D eigenvalue weighted by molar-refractivity contribution is 4.86. The van der Waals surface area contributed by atoms with Crippen LogP contribution in [-0.4, -0.2) is 63.4 Å². The third kappa shape index (κ3) is 6.33. The van der Waals surface area contributed by atoms with Crippen molar-refractivity contribution in [3.8, 4) is 0 Å². The molecule has 0 spiro atoms. The first-order valence-corrected chi connectivity index (χ1v) is 6.36. The van der Waals surface area contributed by atoms with Crippen molar-refractivity contribution < 1.29 is 19.3 Å². The molecule has 1 atom stereocenters. The maximum atomic E-state index is 9.64. The van der Waals surface area contributed by atoms with Gasteiger partial charge in [-0.25, -0.2) is 0 Å². The summed E-state index contributed by atoms with van der Waals surface area (Å²) >= 11 is 0. The number of rotatable bonds is 10. The molecular formula is C12H25NO4. The van der Waals surface area contributed by atoms with E-state index in [1.807, 2.05) is 6.92 Å². The van der Waals surface area contributed by atoms with Crippen LogP contribution in [0.1, 0.15) is 19.8 Å². The highest BCUT2D eigenvalue weighted by Crippen LogP contribution is 2.22. The van der Waals surface area contributed by atoms with Crippen molar-refractivity contribution in [2.75, 3.05) is 40.1 Å². The fourth-order valence-electron chi connectivity index (χ4n) is 1.77. The molecule has 5 heteroatoms. The van der Waals surface area contributed by atoms with Crippen LogP contribution in [0.25, 0.3) is 0 Å². The minimum absolute atomic E-state index is 0.362. The van der Waals surface area contributed by atoms with Gasteiger partial charge in [-0.3, -0.25) is 0 Å². The van der Waals surface area contributed by atoms with Crippen LogP contribution in [-0.2, 0) is 14.2 Å². The molecule has 0 aromatic carbocycles. The molecule has 0 aliphatic heterocycles. The predicted molar refractivity (Wildman–Crippen MR) is 65.1 cm³/mol. The lowest BCUT2D eigenvalue weighted by molar-refractivity contribution is -0.00594. The van der Waals surface area contributed by atoms with Crippen molar-refractivity contribution in [3.05, 3.63) is 0 Å². The standard InChI is InChI=1S/C12H25NO4/c1-3-16-4-5-17-9-11(14)8-13-10-6-12(7-10)15-2/h10-14H,3-9H2,1-2H3. The molecule has 17 heavy (non-hydrogen) atoms. The lowest BCUT2D eigenvalue weighted by atomic mass is 9.89. The zero-order valence-electron chi connectivity index (χ0n) is 10.9. The molecule has 5 nitrogen and oxygen atoms in total. The quantitative estimate of drug-likeness (QED) is 0.539. The van der Waals surface area contributed by atoms with Crippen molar-refractivity contribution >= 4 is 0 Å². The summed E-state index contributed by atoms with van der Waals surface area (Å²) in [6, 6.07) is 0.484. The Morgan fingerprint density at radius 1 is 1.29 bits per heavy atom. The molecule has 0 heterocycles. The summed E-state index contributed by atoms with van der Waals surface area (Å²) < 4.78 is 15.6. The molecule has 102 valence electrons. The van der Waals surface area contributed by atoms with E-state index >= 15 is 0 Å². The molecule has 1 saturated carbocycles. The van der Waals surface area contributed by atoms with Gasteiger partial charge in [0, 0.05) is 26.3 Å². The van der Waals surface area contributed by atoms with Gasteiger partial charge < -0.3 is 24.6 Å². The molecule has 0 amide bonds. The van der Waals surface area contributed by atoms with Gasteiger partial charge >= 0.3 is 0 Å². The third-order valence-electron chi connectivity index (χ3n) is 2.96. The topological polar surface area (TPSA) is 60.0 Å². The van der Waals surface area contributed by atoms with Gasteiger partial charge in [-0.05, 0) is 19.8 Å². The lowest BCUT2D eigenvalue weighted by Gasteiger charge is -2.35. The van der Waals surface area contributed by atoms with Crippen LogP contribution in [0.4, 0.5) is 0 Å². The van der Waals surface area contributed by atoms with Crippen LogP contribution >= 0.6 is 0 Å². The molecule has 0 aromatic heterocycles.